The number of fused-ring (bicyclic) bond motifs is 24. The van der Waals surface area contributed by atoms with Crippen molar-refractivity contribution in [3.05, 3.63) is 24.3 Å². The van der Waals surface area contributed by atoms with E-state index in [2.05, 4.69) is 4.90 Å². The first-order valence-electron chi connectivity index (χ1n) is 13.2. The van der Waals surface area contributed by atoms with Crippen molar-refractivity contribution in [2.75, 3.05) is 126 Å². The Labute approximate surface area is 226 Å². The van der Waals surface area contributed by atoms with E-state index in [4.69, 9.17) is 50.9 Å². The van der Waals surface area contributed by atoms with Crippen LogP contribution in [0.4, 0.5) is 0 Å². The predicted octanol–water partition coefficient (Wildman–Crippen LogP) is 0.988. The van der Waals surface area contributed by atoms with E-state index in [0.29, 0.717) is 90.8 Å². The van der Waals surface area contributed by atoms with Gasteiger partial charge in [0.1, 0.15) is 11.5 Å². The summed E-state index contributed by atoms with van der Waals surface area (Å²) in [4.78, 5) is 2.27. The Hall–Kier alpha value is -1.36. The Bertz CT molecular complexity index is 660. The highest BCUT2D eigenvalue weighted by Crippen LogP contribution is 2.22. The minimum Gasteiger partial charge on any atom is -0.497 e. The molecule has 0 radical (unpaired) electrons. The molecule has 0 unspecified atom stereocenters. The van der Waals surface area contributed by atoms with E-state index in [1.165, 1.54) is 0 Å². The zero-order chi connectivity index (χ0) is 26.6. The van der Waals surface area contributed by atoms with Crippen molar-refractivity contribution in [2.24, 2.45) is 0 Å². The van der Waals surface area contributed by atoms with Crippen LogP contribution in [0.15, 0.2) is 24.3 Å². The van der Waals surface area contributed by atoms with Crippen LogP contribution in [0.25, 0.3) is 0 Å². The summed E-state index contributed by atoms with van der Waals surface area (Å²) >= 11 is 0. The molecule has 0 N–H and O–H groups in total. The van der Waals surface area contributed by atoms with Crippen LogP contribution in [0.2, 0.25) is 0 Å². The molecule has 0 aromatic heterocycles. The third kappa shape index (κ3) is 13.1. The summed E-state index contributed by atoms with van der Waals surface area (Å²) < 4.78 is 64.3. The summed E-state index contributed by atoms with van der Waals surface area (Å²) in [5.74, 6) is 1.25. The quantitative estimate of drug-likeness (QED) is 0.388. The lowest BCUT2D eigenvalue weighted by atomic mass is 10.3. The first-order chi connectivity index (χ1) is 18.8. The number of hydrogen-bond acceptors (Lipinski definition) is 12. The molecule has 2 bridgehead atoms. The van der Waals surface area contributed by atoms with E-state index in [-0.39, 0.29) is 19.8 Å². The molecule has 13 heteroatoms. The van der Waals surface area contributed by atoms with Gasteiger partial charge in [0.2, 0.25) is 0 Å². The Balaban J connectivity index is 1.70. The highest BCUT2D eigenvalue weighted by Gasteiger charge is 2.49. The topological polar surface area (TPSA) is 105 Å². The zero-order valence-corrected chi connectivity index (χ0v) is 23.5. The van der Waals surface area contributed by atoms with Gasteiger partial charge in [-0.1, -0.05) is 0 Å². The molecule has 1 aromatic rings. The molecule has 38 heavy (non-hydrogen) atoms. The summed E-state index contributed by atoms with van der Waals surface area (Å²) in [6.45, 7) is 8.66. The molecule has 3 aliphatic rings. The fraction of sp³-hybridized carbons (Fsp3) is 0.760. The minimum atomic E-state index is -3.66. The van der Waals surface area contributed by atoms with Crippen molar-refractivity contribution >= 4 is 9.05 Å². The van der Waals surface area contributed by atoms with Crippen LogP contribution >= 0.6 is 0 Å². The van der Waals surface area contributed by atoms with Crippen LogP contribution in [0.5, 0.6) is 11.5 Å². The van der Waals surface area contributed by atoms with Gasteiger partial charge in [0.25, 0.3) is 0 Å². The summed E-state index contributed by atoms with van der Waals surface area (Å²) in [5, 5.41) is 0. The second-order valence-electron chi connectivity index (χ2n) is 8.34. The Morgan fingerprint density at radius 2 is 0.842 bits per heavy atom. The van der Waals surface area contributed by atoms with E-state index >= 15 is 0 Å². The Morgan fingerprint density at radius 3 is 1.24 bits per heavy atom. The van der Waals surface area contributed by atoms with Crippen molar-refractivity contribution in [2.45, 2.75) is 0 Å². The number of hydrogen-bond donors (Lipinski definition) is 0. The second-order valence-corrected chi connectivity index (χ2v) is 10.4. The lowest BCUT2D eigenvalue weighted by molar-refractivity contribution is -0.0496. The number of nitrogens with zero attached hydrogens (tertiary/aromatic N) is 1. The van der Waals surface area contributed by atoms with E-state index in [0.717, 1.165) is 19.6 Å². The maximum absolute atomic E-state index is 6.24. The van der Waals surface area contributed by atoms with E-state index < -0.39 is 9.05 Å². The highest BCUT2D eigenvalue weighted by molar-refractivity contribution is 6.54. The average molecular weight is 562 g/mol. The molecule has 3 aliphatic heterocycles. The van der Waals surface area contributed by atoms with Crippen LogP contribution in [0.3, 0.4) is 0 Å². The summed E-state index contributed by atoms with van der Waals surface area (Å²) in [6, 6.07) is 7.15. The molecule has 1 aromatic carbocycles. The molecule has 3 saturated heterocycles. The van der Waals surface area contributed by atoms with Gasteiger partial charge < -0.3 is 50.9 Å². The first kappa shape index (κ1) is 31.2. The van der Waals surface area contributed by atoms with Crippen LogP contribution in [0.1, 0.15) is 0 Å². The number of rotatable bonds is 3. The van der Waals surface area contributed by atoms with E-state index in [1.54, 1.807) is 31.4 Å². The Kier molecular flexibility index (Phi) is 16.1. The van der Waals surface area contributed by atoms with Crippen LogP contribution in [0, 0.1) is 0 Å². The van der Waals surface area contributed by atoms with Crippen LogP contribution in [-0.2, 0) is 41.7 Å². The summed E-state index contributed by atoms with van der Waals surface area (Å²) in [6.07, 6.45) is 0. The normalized spacial score (nSPS) is 27.2. The maximum Gasteiger partial charge on any atom is 0.749 e. The smallest absolute Gasteiger partial charge is 0.497 e. The van der Waals surface area contributed by atoms with Gasteiger partial charge in [-0.2, -0.15) is 0 Å². The number of ether oxygens (including phenoxy) is 7. The molecular formula is C25H43NO11Si. The summed E-state index contributed by atoms with van der Waals surface area (Å²) in [5.41, 5.74) is 0. The lowest BCUT2D eigenvalue weighted by Crippen LogP contribution is -2.53. The maximum atomic E-state index is 6.24. The largest absolute Gasteiger partial charge is 0.749 e. The van der Waals surface area contributed by atoms with Crippen LogP contribution < -0.4 is 9.16 Å². The van der Waals surface area contributed by atoms with E-state index in [1.807, 2.05) is 0 Å². The fourth-order valence-corrected chi connectivity index (χ4v) is 5.41. The molecule has 4 rings (SSSR count). The van der Waals surface area contributed by atoms with Gasteiger partial charge in [0, 0.05) is 19.6 Å². The second kappa shape index (κ2) is 19.7. The van der Waals surface area contributed by atoms with Crippen molar-refractivity contribution in [3.8, 4) is 11.5 Å². The predicted molar refractivity (Wildman–Crippen MR) is 139 cm³/mol. The van der Waals surface area contributed by atoms with Gasteiger partial charge in [-0.25, -0.2) is 0 Å². The average Bonchev–Trinajstić information content (AvgIpc) is 2.93. The van der Waals surface area contributed by atoms with E-state index in [9.17, 15) is 0 Å². The molecule has 0 spiro atoms. The molecule has 218 valence electrons. The molecule has 3 fully saturated rings. The van der Waals surface area contributed by atoms with Crippen LogP contribution in [-0.4, -0.2) is 140 Å². The lowest BCUT2D eigenvalue weighted by Gasteiger charge is -2.28. The van der Waals surface area contributed by atoms with Crippen molar-refractivity contribution in [3.63, 3.8) is 0 Å². The number of methoxy groups -OCH3 is 1. The van der Waals surface area contributed by atoms with Crippen molar-refractivity contribution < 1.29 is 50.9 Å². The molecule has 3 heterocycles. The third-order valence-corrected chi connectivity index (χ3v) is 7.75. The van der Waals surface area contributed by atoms with Gasteiger partial charge in [-0.05, 0) is 24.3 Å². The monoisotopic (exact) mass is 561 g/mol. The third-order valence-electron chi connectivity index (χ3n) is 5.59. The Morgan fingerprint density at radius 1 is 0.500 bits per heavy atom. The zero-order valence-electron chi connectivity index (χ0n) is 22.5. The molecule has 0 atom stereocenters. The van der Waals surface area contributed by atoms with Gasteiger partial charge >= 0.3 is 9.05 Å². The van der Waals surface area contributed by atoms with Crippen molar-refractivity contribution in [1.82, 2.24) is 4.90 Å². The number of benzene rings is 1. The molecule has 12 nitrogen and oxygen atoms in total. The minimum absolute atomic E-state index is 0.222. The van der Waals surface area contributed by atoms with Gasteiger partial charge in [-0.3, -0.25) is 4.90 Å². The fourth-order valence-electron chi connectivity index (χ4n) is 3.56. The molecule has 0 amide bonds. The highest BCUT2D eigenvalue weighted by atomic mass is 28.4. The molecular weight excluding hydrogens is 518 g/mol. The molecule has 0 saturated carbocycles. The van der Waals surface area contributed by atoms with Gasteiger partial charge in [-0.15, -0.1) is 0 Å². The van der Waals surface area contributed by atoms with Crippen molar-refractivity contribution in [1.29, 1.82) is 0 Å². The van der Waals surface area contributed by atoms with Gasteiger partial charge in [0.05, 0.1) is 106 Å². The van der Waals surface area contributed by atoms with Gasteiger partial charge in [0.15, 0.2) is 0 Å². The SMILES string of the molecule is COc1ccc(O[Si]23OCCOCCOCCN(CCOCCOCCO2)CCOCCOCCO3)cc1. The first-order valence-corrected chi connectivity index (χ1v) is 14.9. The standard InChI is InChI=1S/C25H43NO11Si/c1-27-24-2-4-25(5-3-24)37-38-34-21-18-31-15-12-28-9-6-26(7-10-29-13-16-32-19-22-35-38)8-11-30-14-17-33-20-23-36-38/h2-5H,6-23H2,1H3. The summed E-state index contributed by atoms with van der Waals surface area (Å²) in [7, 11) is -2.05. The molecule has 0 aliphatic carbocycles.